The third kappa shape index (κ3) is 3.93. The molecule has 0 saturated carbocycles. The fourth-order valence-electron chi connectivity index (χ4n) is 3.16. The molecule has 9 nitrogen and oxygen atoms in total. The summed E-state index contributed by atoms with van der Waals surface area (Å²) in [4.78, 5) is 26.9. The van der Waals surface area contributed by atoms with Crippen LogP contribution in [0.4, 0.5) is 10.5 Å². The molecule has 2 amide bonds. The first-order valence-corrected chi connectivity index (χ1v) is 8.62. The Balaban J connectivity index is 1.38. The van der Waals surface area contributed by atoms with E-state index in [4.69, 9.17) is 4.52 Å². The van der Waals surface area contributed by atoms with Crippen molar-refractivity contribution in [3.05, 3.63) is 54.8 Å². The van der Waals surface area contributed by atoms with E-state index >= 15 is 0 Å². The number of likely N-dealkylation sites (tertiary alicyclic amines) is 1. The Morgan fingerprint density at radius 2 is 2.11 bits per heavy atom. The third-order valence-corrected chi connectivity index (χ3v) is 4.43. The molecule has 0 radical (unpaired) electrons. The lowest BCUT2D eigenvalue weighted by atomic mass is 10.1. The van der Waals surface area contributed by atoms with Crippen LogP contribution in [-0.4, -0.2) is 50.7 Å². The highest BCUT2D eigenvalue weighted by Crippen LogP contribution is 2.30. The maximum atomic E-state index is 12.2. The summed E-state index contributed by atoms with van der Waals surface area (Å²) >= 11 is 0. The van der Waals surface area contributed by atoms with E-state index in [-0.39, 0.29) is 18.1 Å². The highest BCUT2D eigenvalue weighted by Gasteiger charge is 2.35. The van der Waals surface area contributed by atoms with E-state index in [1.54, 1.807) is 18.6 Å². The molecule has 1 aliphatic heterocycles. The quantitative estimate of drug-likeness (QED) is 0.728. The fraction of sp³-hybridized carbons (Fsp3) is 0.278. The van der Waals surface area contributed by atoms with Crippen molar-refractivity contribution in [3.8, 4) is 11.5 Å². The van der Waals surface area contributed by atoms with Crippen LogP contribution in [0.3, 0.4) is 0 Å². The van der Waals surface area contributed by atoms with Gasteiger partial charge in [-0.05, 0) is 25.6 Å². The van der Waals surface area contributed by atoms with E-state index in [0.29, 0.717) is 30.4 Å². The third-order valence-electron chi connectivity index (χ3n) is 4.43. The smallest absolute Gasteiger partial charge is 0.319 e. The molecule has 3 heterocycles. The molecule has 2 N–H and O–H groups in total. The molecule has 2 unspecified atom stereocenters. The van der Waals surface area contributed by atoms with Crippen molar-refractivity contribution in [1.82, 2.24) is 30.3 Å². The zero-order chi connectivity index (χ0) is 18.6. The number of nitrogens with one attached hydrogen (secondary N) is 2. The molecule has 0 spiro atoms. The number of aromatic nitrogens is 4. The second kappa shape index (κ2) is 7.50. The predicted octanol–water partition coefficient (Wildman–Crippen LogP) is 2.09. The fourth-order valence-corrected chi connectivity index (χ4v) is 3.16. The number of para-hydroxylation sites is 1. The molecule has 2 atom stereocenters. The summed E-state index contributed by atoms with van der Waals surface area (Å²) in [5.41, 5.74) is 1.31. The molecular weight excluding hydrogens is 346 g/mol. The summed E-state index contributed by atoms with van der Waals surface area (Å²) in [5.74, 6) is 0.913. The number of amides is 2. The van der Waals surface area contributed by atoms with Gasteiger partial charge in [-0.25, -0.2) is 9.78 Å². The summed E-state index contributed by atoms with van der Waals surface area (Å²) in [6.45, 7) is 0.690. The van der Waals surface area contributed by atoms with E-state index < -0.39 is 0 Å². The molecule has 3 aromatic rings. The van der Waals surface area contributed by atoms with Crippen molar-refractivity contribution < 1.29 is 9.32 Å². The minimum absolute atomic E-state index is 0.0180. The summed E-state index contributed by atoms with van der Waals surface area (Å²) < 4.78 is 5.42. The number of benzene rings is 1. The molecule has 138 valence electrons. The highest BCUT2D eigenvalue weighted by molar-refractivity contribution is 5.89. The van der Waals surface area contributed by atoms with Crippen molar-refractivity contribution in [2.45, 2.75) is 18.5 Å². The van der Waals surface area contributed by atoms with Gasteiger partial charge in [-0.1, -0.05) is 23.4 Å². The number of hydrogen-bond acceptors (Lipinski definition) is 7. The number of rotatable bonds is 4. The summed E-state index contributed by atoms with van der Waals surface area (Å²) in [6, 6.07) is 9.02. The second-order valence-corrected chi connectivity index (χ2v) is 6.40. The van der Waals surface area contributed by atoms with Crippen LogP contribution in [0.1, 0.15) is 18.4 Å². The first kappa shape index (κ1) is 17.1. The van der Waals surface area contributed by atoms with Gasteiger partial charge in [-0.2, -0.15) is 4.98 Å². The number of likely N-dealkylation sites (N-methyl/N-ethyl adjacent to an activating group) is 1. The molecule has 0 bridgehead atoms. The maximum Gasteiger partial charge on any atom is 0.319 e. The van der Waals surface area contributed by atoms with Crippen LogP contribution in [0.5, 0.6) is 0 Å². The molecule has 1 saturated heterocycles. The molecule has 4 rings (SSSR count). The number of nitrogens with zero attached hydrogens (tertiary/aromatic N) is 5. The number of hydrogen-bond donors (Lipinski definition) is 2. The summed E-state index contributed by atoms with van der Waals surface area (Å²) in [6.07, 6.45) is 5.44. The molecule has 1 fully saturated rings. The van der Waals surface area contributed by atoms with Crippen LogP contribution >= 0.6 is 0 Å². The average molecular weight is 365 g/mol. The summed E-state index contributed by atoms with van der Waals surface area (Å²) in [7, 11) is 1.97. The second-order valence-electron chi connectivity index (χ2n) is 6.40. The SMILES string of the molecule is CN1CC(NC(=O)Nc2ccccc2)CC1c1nc(-c2cnccn2)no1. The van der Waals surface area contributed by atoms with Gasteiger partial charge in [-0.15, -0.1) is 0 Å². The van der Waals surface area contributed by atoms with Crippen LogP contribution in [-0.2, 0) is 0 Å². The van der Waals surface area contributed by atoms with Gasteiger partial charge in [0.15, 0.2) is 0 Å². The number of urea groups is 1. The van der Waals surface area contributed by atoms with Gasteiger partial charge >= 0.3 is 6.03 Å². The summed E-state index contributed by atoms with van der Waals surface area (Å²) in [5, 5.41) is 9.81. The minimum atomic E-state index is -0.231. The van der Waals surface area contributed by atoms with E-state index in [2.05, 4.69) is 35.6 Å². The molecule has 27 heavy (non-hydrogen) atoms. The monoisotopic (exact) mass is 365 g/mol. The van der Waals surface area contributed by atoms with Gasteiger partial charge in [0, 0.05) is 30.7 Å². The Morgan fingerprint density at radius 1 is 1.26 bits per heavy atom. The Morgan fingerprint density at radius 3 is 2.89 bits per heavy atom. The van der Waals surface area contributed by atoms with Gasteiger partial charge in [0.2, 0.25) is 11.7 Å². The zero-order valence-electron chi connectivity index (χ0n) is 14.7. The molecule has 0 aliphatic carbocycles. The van der Waals surface area contributed by atoms with Gasteiger partial charge in [0.25, 0.3) is 0 Å². The molecule has 1 aromatic carbocycles. The molecule has 2 aromatic heterocycles. The van der Waals surface area contributed by atoms with Gasteiger partial charge in [0.05, 0.1) is 12.2 Å². The lowest BCUT2D eigenvalue weighted by molar-refractivity contribution is 0.243. The molecule has 9 heteroatoms. The van der Waals surface area contributed by atoms with Crippen LogP contribution in [0, 0.1) is 0 Å². The normalized spacial score (nSPS) is 19.7. The molecular formula is C18H19N7O2. The predicted molar refractivity (Wildman–Crippen MR) is 97.7 cm³/mol. The van der Waals surface area contributed by atoms with Crippen molar-refractivity contribution in [2.75, 3.05) is 18.9 Å². The van der Waals surface area contributed by atoms with E-state index in [9.17, 15) is 4.79 Å². The Labute approximate surface area is 155 Å². The van der Waals surface area contributed by atoms with Crippen molar-refractivity contribution in [2.24, 2.45) is 0 Å². The zero-order valence-corrected chi connectivity index (χ0v) is 14.7. The van der Waals surface area contributed by atoms with E-state index in [1.807, 2.05) is 37.4 Å². The van der Waals surface area contributed by atoms with Crippen LogP contribution in [0.25, 0.3) is 11.5 Å². The first-order valence-electron chi connectivity index (χ1n) is 8.62. The van der Waals surface area contributed by atoms with Crippen LogP contribution < -0.4 is 10.6 Å². The molecule has 1 aliphatic rings. The van der Waals surface area contributed by atoms with Crippen molar-refractivity contribution >= 4 is 11.7 Å². The van der Waals surface area contributed by atoms with Gasteiger partial charge in [-0.3, -0.25) is 9.88 Å². The van der Waals surface area contributed by atoms with E-state index in [1.165, 1.54) is 0 Å². The van der Waals surface area contributed by atoms with Crippen molar-refractivity contribution in [1.29, 1.82) is 0 Å². The van der Waals surface area contributed by atoms with Crippen LogP contribution in [0.2, 0.25) is 0 Å². The largest absolute Gasteiger partial charge is 0.337 e. The number of carbonyl (C=O) groups excluding carboxylic acids is 1. The highest BCUT2D eigenvalue weighted by atomic mass is 16.5. The number of carbonyl (C=O) groups is 1. The van der Waals surface area contributed by atoms with Gasteiger partial charge in [0.1, 0.15) is 5.69 Å². The Kier molecular flexibility index (Phi) is 4.75. The lowest BCUT2D eigenvalue weighted by Gasteiger charge is -2.14. The standard InChI is InChI=1S/C18H19N7O2/c1-25-11-13(22-18(26)21-12-5-3-2-4-6-12)9-15(25)17-23-16(24-27-17)14-10-19-7-8-20-14/h2-8,10,13,15H,9,11H2,1H3,(H2,21,22,26). The maximum absolute atomic E-state index is 12.2. The minimum Gasteiger partial charge on any atom is -0.337 e. The van der Waals surface area contributed by atoms with Crippen LogP contribution in [0.15, 0.2) is 53.4 Å². The Bertz CT molecular complexity index is 900. The first-order chi connectivity index (χ1) is 13.2. The average Bonchev–Trinajstić information content (AvgIpc) is 3.30. The van der Waals surface area contributed by atoms with E-state index in [0.717, 1.165) is 5.69 Å². The topological polar surface area (TPSA) is 109 Å². The Hall–Kier alpha value is -3.33. The van der Waals surface area contributed by atoms with Gasteiger partial charge < -0.3 is 15.2 Å². The van der Waals surface area contributed by atoms with Crippen molar-refractivity contribution in [3.63, 3.8) is 0 Å². The number of anilines is 1. The lowest BCUT2D eigenvalue weighted by Crippen LogP contribution is -2.39.